The molecule has 3 rings (SSSR count). The van der Waals surface area contributed by atoms with Crippen molar-refractivity contribution in [1.29, 1.82) is 0 Å². The fraction of sp³-hybridized carbons (Fsp3) is 0.312. The quantitative estimate of drug-likeness (QED) is 0.853. The second kappa shape index (κ2) is 6.23. The van der Waals surface area contributed by atoms with Gasteiger partial charge < -0.3 is 14.2 Å². The first-order valence-electron chi connectivity index (χ1n) is 7.08. The van der Waals surface area contributed by atoms with E-state index in [4.69, 9.17) is 27.9 Å². The van der Waals surface area contributed by atoms with Crippen molar-refractivity contribution in [3.05, 3.63) is 52.3 Å². The molecule has 6 heteroatoms. The molecule has 4 nitrogen and oxygen atoms in total. The van der Waals surface area contributed by atoms with Gasteiger partial charge in [-0.3, -0.25) is 4.79 Å². The maximum atomic E-state index is 12.4. The first-order chi connectivity index (χ1) is 10.6. The van der Waals surface area contributed by atoms with Crippen molar-refractivity contribution in [2.75, 3.05) is 13.2 Å². The second-order valence-electron chi connectivity index (χ2n) is 5.25. The minimum absolute atomic E-state index is 0.0109. The summed E-state index contributed by atoms with van der Waals surface area (Å²) in [6, 6.07) is 9.07. The van der Waals surface area contributed by atoms with Gasteiger partial charge in [0.1, 0.15) is 5.75 Å². The predicted octanol–water partition coefficient (Wildman–Crippen LogP) is 3.78. The van der Waals surface area contributed by atoms with E-state index < -0.39 is 0 Å². The van der Waals surface area contributed by atoms with Crippen LogP contribution >= 0.6 is 23.2 Å². The molecule has 0 radical (unpaired) electrons. The molecule has 0 N–H and O–H groups in total. The van der Waals surface area contributed by atoms with Gasteiger partial charge in [-0.2, -0.15) is 0 Å². The number of hydrogen-bond donors (Lipinski definition) is 0. The number of carbonyl (C=O) groups is 1. The lowest BCUT2D eigenvalue weighted by Gasteiger charge is -2.34. The molecule has 1 amide bonds. The largest absolute Gasteiger partial charge is 0.484 e. The van der Waals surface area contributed by atoms with Crippen LogP contribution < -0.4 is 4.74 Å². The SMILES string of the molecule is CC1c2cccn2CCN1C(=O)COc1ccc(Cl)c(Cl)c1. The van der Waals surface area contributed by atoms with E-state index in [1.165, 1.54) is 0 Å². The molecule has 0 aliphatic carbocycles. The van der Waals surface area contributed by atoms with Gasteiger partial charge in [0.05, 0.1) is 16.1 Å². The number of rotatable bonds is 3. The Morgan fingerprint density at radius 1 is 1.27 bits per heavy atom. The van der Waals surface area contributed by atoms with E-state index in [9.17, 15) is 4.79 Å². The van der Waals surface area contributed by atoms with Crippen molar-refractivity contribution in [2.45, 2.75) is 19.5 Å². The van der Waals surface area contributed by atoms with Crippen LogP contribution in [-0.2, 0) is 11.3 Å². The van der Waals surface area contributed by atoms with E-state index in [0.717, 1.165) is 12.2 Å². The van der Waals surface area contributed by atoms with Gasteiger partial charge in [-0.05, 0) is 31.2 Å². The average Bonchev–Trinajstić information content (AvgIpc) is 2.98. The topological polar surface area (TPSA) is 34.5 Å². The van der Waals surface area contributed by atoms with Crippen LogP contribution in [0, 0.1) is 0 Å². The van der Waals surface area contributed by atoms with Crippen LogP contribution in [0.1, 0.15) is 18.7 Å². The molecule has 1 aliphatic rings. The van der Waals surface area contributed by atoms with E-state index in [-0.39, 0.29) is 18.6 Å². The highest BCUT2D eigenvalue weighted by molar-refractivity contribution is 6.42. The fourth-order valence-electron chi connectivity index (χ4n) is 2.71. The molecule has 0 bridgehead atoms. The summed E-state index contributed by atoms with van der Waals surface area (Å²) in [5.74, 6) is 0.502. The maximum Gasteiger partial charge on any atom is 0.261 e. The van der Waals surface area contributed by atoms with Crippen molar-refractivity contribution < 1.29 is 9.53 Å². The van der Waals surface area contributed by atoms with Gasteiger partial charge in [0, 0.05) is 31.0 Å². The van der Waals surface area contributed by atoms with Crippen LogP contribution in [-0.4, -0.2) is 28.5 Å². The zero-order chi connectivity index (χ0) is 15.7. The molecule has 1 aliphatic heterocycles. The highest BCUT2D eigenvalue weighted by Crippen LogP contribution is 2.27. The molecular formula is C16H16Cl2N2O2. The molecule has 1 aromatic carbocycles. The van der Waals surface area contributed by atoms with Crippen LogP contribution in [0.15, 0.2) is 36.5 Å². The molecule has 0 saturated heterocycles. The molecule has 22 heavy (non-hydrogen) atoms. The Labute approximate surface area is 139 Å². The summed E-state index contributed by atoms with van der Waals surface area (Å²) in [5, 5.41) is 0.876. The Balaban J connectivity index is 1.64. The van der Waals surface area contributed by atoms with E-state index in [2.05, 4.69) is 4.57 Å². The van der Waals surface area contributed by atoms with Crippen LogP contribution in [0.3, 0.4) is 0 Å². The van der Waals surface area contributed by atoms with Crippen LogP contribution in [0.5, 0.6) is 5.75 Å². The maximum absolute atomic E-state index is 12.4. The van der Waals surface area contributed by atoms with Gasteiger partial charge in [-0.25, -0.2) is 0 Å². The number of amides is 1. The Kier molecular flexibility index (Phi) is 4.32. The predicted molar refractivity (Wildman–Crippen MR) is 86.5 cm³/mol. The van der Waals surface area contributed by atoms with Crippen molar-refractivity contribution in [3.8, 4) is 5.75 Å². The zero-order valence-corrected chi connectivity index (χ0v) is 13.6. The number of ether oxygens (including phenoxy) is 1. The summed E-state index contributed by atoms with van der Waals surface area (Å²) in [6.07, 6.45) is 2.04. The van der Waals surface area contributed by atoms with E-state index in [1.807, 2.05) is 30.2 Å². The lowest BCUT2D eigenvalue weighted by Crippen LogP contribution is -2.42. The Hall–Kier alpha value is -1.65. The number of benzene rings is 1. The van der Waals surface area contributed by atoms with Crippen LogP contribution in [0.4, 0.5) is 0 Å². The monoisotopic (exact) mass is 338 g/mol. The standard InChI is InChI=1S/C16H16Cl2N2O2/c1-11-15-3-2-6-19(15)7-8-20(11)16(21)10-22-12-4-5-13(17)14(18)9-12/h2-6,9,11H,7-8,10H2,1H3. The van der Waals surface area contributed by atoms with E-state index in [1.54, 1.807) is 18.2 Å². The molecule has 0 saturated carbocycles. The third-order valence-electron chi connectivity index (χ3n) is 3.92. The average molecular weight is 339 g/mol. The molecule has 0 fully saturated rings. The summed E-state index contributed by atoms with van der Waals surface area (Å²) in [5.41, 5.74) is 1.15. The Bertz CT molecular complexity index is 699. The lowest BCUT2D eigenvalue weighted by molar-refractivity contribution is -0.136. The summed E-state index contributed by atoms with van der Waals surface area (Å²) >= 11 is 11.8. The molecule has 2 aromatic rings. The minimum atomic E-state index is -0.0361. The molecular weight excluding hydrogens is 323 g/mol. The third kappa shape index (κ3) is 2.94. The number of halogens is 2. The van der Waals surface area contributed by atoms with E-state index >= 15 is 0 Å². The van der Waals surface area contributed by atoms with Gasteiger partial charge >= 0.3 is 0 Å². The summed E-state index contributed by atoms with van der Waals surface area (Å²) < 4.78 is 7.71. The Morgan fingerprint density at radius 2 is 2.09 bits per heavy atom. The van der Waals surface area contributed by atoms with Gasteiger partial charge in [-0.15, -0.1) is 0 Å². The number of aromatic nitrogens is 1. The number of nitrogens with zero attached hydrogens (tertiary/aromatic N) is 2. The Morgan fingerprint density at radius 3 is 2.86 bits per heavy atom. The molecule has 116 valence electrons. The van der Waals surface area contributed by atoms with Gasteiger partial charge in [0.15, 0.2) is 6.61 Å². The van der Waals surface area contributed by atoms with Crippen molar-refractivity contribution >= 4 is 29.1 Å². The van der Waals surface area contributed by atoms with Gasteiger partial charge in [-0.1, -0.05) is 23.2 Å². The third-order valence-corrected chi connectivity index (χ3v) is 4.65. The first-order valence-corrected chi connectivity index (χ1v) is 7.84. The number of carbonyl (C=O) groups excluding carboxylic acids is 1. The van der Waals surface area contributed by atoms with Crippen molar-refractivity contribution in [1.82, 2.24) is 9.47 Å². The van der Waals surface area contributed by atoms with Crippen molar-refractivity contribution in [2.24, 2.45) is 0 Å². The summed E-state index contributed by atoms with van der Waals surface area (Å²) in [6.45, 7) is 3.52. The van der Waals surface area contributed by atoms with Gasteiger partial charge in [0.25, 0.3) is 5.91 Å². The number of hydrogen-bond acceptors (Lipinski definition) is 2. The first kappa shape index (κ1) is 15.3. The van der Waals surface area contributed by atoms with Crippen molar-refractivity contribution in [3.63, 3.8) is 0 Å². The number of fused-ring (bicyclic) bond motifs is 1. The zero-order valence-electron chi connectivity index (χ0n) is 12.1. The fourth-order valence-corrected chi connectivity index (χ4v) is 3.00. The summed E-state index contributed by atoms with van der Waals surface area (Å²) in [4.78, 5) is 14.2. The molecule has 1 unspecified atom stereocenters. The molecule has 0 spiro atoms. The second-order valence-corrected chi connectivity index (χ2v) is 6.07. The van der Waals surface area contributed by atoms with E-state index in [0.29, 0.717) is 22.3 Å². The highest BCUT2D eigenvalue weighted by atomic mass is 35.5. The normalized spacial score (nSPS) is 17.2. The van der Waals surface area contributed by atoms with Crippen LogP contribution in [0.25, 0.3) is 0 Å². The molecule has 1 atom stereocenters. The summed E-state index contributed by atoms with van der Waals surface area (Å²) in [7, 11) is 0. The lowest BCUT2D eigenvalue weighted by atomic mass is 10.1. The molecule has 1 aromatic heterocycles. The molecule has 2 heterocycles. The van der Waals surface area contributed by atoms with Gasteiger partial charge in [0.2, 0.25) is 0 Å². The minimum Gasteiger partial charge on any atom is -0.484 e. The van der Waals surface area contributed by atoms with Crippen LogP contribution in [0.2, 0.25) is 10.0 Å². The smallest absolute Gasteiger partial charge is 0.261 e. The highest BCUT2D eigenvalue weighted by Gasteiger charge is 2.27.